The van der Waals surface area contributed by atoms with Crippen molar-refractivity contribution in [3.8, 4) is 11.4 Å². The highest BCUT2D eigenvalue weighted by Crippen LogP contribution is 2.31. The lowest BCUT2D eigenvalue weighted by molar-refractivity contribution is -0.139. The Labute approximate surface area is 194 Å². The summed E-state index contributed by atoms with van der Waals surface area (Å²) >= 11 is 0. The number of halogens is 2. The van der Waals surface area contributed by atoms with Crippen LogP contribution in [-0.4, -0.2) is 46.8 Å². The second-order valence-electron chi connectivity index (χ2n) is 8.48. The molecule has 1 aromatic heterocycles. The first-order chi connectivity index (χ1) is 16.3. The van der Waals surface area contributed by atoms with E-state index in [1.54, 1.807) is 24.1 Å². The Kier molecular flexibility index (Phi) is 5.24. The third kappa shape index (κ3) is 3.56. The van der Waals surface area contributed by atoms with E-state index in [2.05, 4.69) is 25.9 Å². The van der Waals surface area contributed by atoms with E-state index in [1.807, 2.05) is 19.1 Å². The molecule has 1 unspecified atom stereocenters. The topological polar surface area (TPSA) is 99.2 Å². The summed E-state index contributed by atoms with van der Waals surface area (Å²) < 4.78 is 28.8. The molecule has 0 bridgehead atoms. The Balaban J connectivity index is 1.51. The van der Waals surface area contributed by atoms with Crippen LogP contribution in [0.3, 0.4) is 0 Å². The number of nitrogens with zero attached hydrogens (tertiary/aromatic N) is 3. The van der Waals surface area contributed by atoms with Gasteiger partial charge in [-0.25, -0.2) is 18.7 Å². The smallest absolute Gasteiger partial charge is 0.257 e. The standard InChI is InChI=1S/C24H22F2N6O2/c1-24(23(34)32(2)11-10-28-24)13-6-8-14(9-7-13)29-21-19-17(12-27-22(19)33)30-20(31-21)18-15(25)4-3-5-16(18)26/h3-9,28H,10-12H2,1-2H3,(H,27,33)(H,29,30,31). The number of rotatable bonds is 4. The van der Waals surface area contributed by atoms with Gasteiger partial charge in [0.1, 0.15) is 28.6 Å². The minimum atomic E-state index is -0.850. The van der Waals surface area contributed by atoms with E-state index in [1.165, 1.54) is 6.07 Å². The Morgan fingerprint density at radius 3 is 2.44 bits per heavy atom. The average Bonchev–Trinajstić information content (AvgIpc) is 3.19. The fraction of sp³-hybridized carbons (Fsp3) is 0.250. The summed E-state index contributed by atoms with van der Waals surface area (Å²) in [5.74, 6) is -2.00. The lowest BCUT2D eigenvalue weighted by Gasteiger charge is -2.39. The van der Waals surface area contributed by atoms with E-state index in [0.29, 0.717) is 24.5 Å². The SMILES string of the molecule is CN1CCNC(C)(c2ccc(Nc3nc(-c4c(F)cccc4F)nc4c3C(=O)NC4)cc2)C1=O. The van der Waals surface area contributed by atoms with E-state index in [9.17, 15) is 18.4 Å². The van der Waals surface area contributed by atoms with Crippen LogP contribution < -0.4 is 16.0 Å². The maximum atomic E-state index is 14.4. The molecule has 2 aliphatic heterocycles. The molecule has 10 heteroatoms. The van der Waals surface area contributed by atoms with Crippen LogP contribution in [0.15, 0.2) is 42.5 Å². The number of hydrogen-bond donors (Lipinski definition) is 3. The Hall–Kier alpha value is -3.92. The number of likely N-dealkylation sites (N-methyl/N-ethyl adjacent to an activating group) is 1. The largest absolute Gasteiger partial charge is 0.346 e. The predicted octanol–water partition coefficient (Wildman–Crippen LogP) is 2.69. The van der Waals surface area contributed by atoms with Crippen molar-refractivity contribution in [3.05, 3.63) is 70.9 Å². The van der Waals surface area contributed by atoms with Gasteiger partial charge in [-0.2, -0.15) is 0 Å². The van der Waals surface area contributed by atoms with E-state index in [0.717, 1.165) is 17.7 Å². The van der Waals surface area contributed by atoms with Gasteiger partial charge in [-0.05, 0) is 36.8 Å². The van der Waals surface area contributed by atoms with E-state index in [-0.39, 0.29) is 41.1 Å². The molecule has 1 saturated heterocycles. The Bertz CT molecular complexity index is 1290. The molecule has 0 spiro atoms. The van der Waals surface area contributed by atoms with Crippen molar-refractivity contribution in [2.75, 3.05) is 25.5 Å². The maximum absolute atomic E-state index is 14.4. The van der Waals surface area contributed by atoms with Gasteiger partial charge in [0.05, 0.1) is 17.8 Å². The van der Waals surface area contributed by atoms with Gasteiger partial charge >= 0.3 is 0 Å². The molecular formula is C24H22F2N6O2. The molecule has 3 heterocycles. The van der Waals surface area contributed by atoms with Crippen molar-refractivity contribution in [2.24, 2.45) is 0 Å². The van der Waals surface area contributed by atoms with Gasteiger partial charge < -0.3 is 15.5 Å². The van der Waals surface area contributed by atoms with E-state index in [4.69, 9.17) is 0 Å². The first-order valence-electron chi connectivity index (χ1n) is 10.8. The molecule has 3 N–H and O–H groups in total. The highest BCUT2D eigenvalue weighted by molar-refractivity contribution is 6.03. The van der Waals surface area contributed by atoms with Gasteiger partial charge in [0.25, 0.3) is 5.91 Å². The molecule has 2 aliphatic rings. The summed E-state index contributed by atoms with van der Waals surface area (Å²) in [6.45, 7) is 3.29. The molecule has 3 aromatic rings. The second kappa shape index (κ2) is 8.14. The van der Waals surface area contributed by atoms with Crippen LogP contribution in [0.25, 0.3) is 11.4 Å². The molecule has 2 aromatic carbocycles. The highest BCUT2D eigenvalue weighted by atomic mass is 19.1. The Morgan fingerprint density at radius 2 is 1.74 bits per heavy atom. The molecule has 0 aliphatic carbocycles. The summed E-state index contributed by atoms with van der Waals surface area (Å²) in [5.41, 5.74) is 0.740. The quantitative estimate of drug-likeness (QED) is 0.549. The normalized spacial score (nSPS) is 19.7. The number of carbonyl (C=O) groups excluding carboxylic acids is 2. The van der Waals surface area contributed by atoms with Gasteiger partial charge in [0, 0.05) is 25.8 Å². The maximum Gasteiger partial charge on any atom is 0.257 e. The number of aromatic nitrogens is 2. The third-order valence-corrected chi connectivity index (χ3v) is 6.24. The van der Waals surface area contributed by atoms with Gasteiger partial charge in [0.2, 0.25) is 5.91 Å². The number of carbonyl (C=O) groups is 2. The molecule has 1 fully saturated rings. The molecule has 0 saturated carbocycles. The van der Waals surface area contributed by atoms with Gasteiger partial charge in [-0.3, -0.25) is 14.9 Å². The summed E-state index contributed by atoms with van der Waals surface area (Å²) in [6.07, 6.45) is 0. The van der Waals surface area contributed by atoms with Crippen LogP contribution in [0.2, 0.25) is 0 Å². The fourth-order valence-electron chi connectivity index (χ4n) is 4.32. The summed E-state index contributed by atoms with van der Waals surface area (Å²) in [5, 5.41) is 9.02. The van der Waals surface area contributed by atoms with Crippen LogP contribution in [-0.2, 0) is 16.9 Å². The number of anilines is 2. The lowest BCUT2D eigenvalue weighted by Crippen LogP contribution is -2.59. The van der Waals surface area contributed by atoms with Crippen molar-refractivity contribution < 1.29 is 18.4 Å². The zero-order valence-corrected chi connectivity index (χ0v) is 18.6. The first kappa shape index (κ1) is 21.9. The second-order valence-corrected chi connectivity index (χ2v) is 8.48. The molecule has 0 radical (unpaired) electrons. The lowest BCUT2D eigenvalue weighted by atomic mass is 9.88. The van der Waals surface area contributed by atoms with Gasteiger partial charge in [-0.15, -0.1) is 0 Å². The minimum Gasteiger partial charge on any atom is -0.346 e. The zero-order chi connectivity index (χ0) is 24.0. The summed E-state index contributed by atoms with van der Waals surface area (Å²) in [4.78, 5) is 35.4. The number of amides is 2. The molecular weight excluding hydrogens is 442 g/mol. The van der Waals surface area contributed by atoms with Crippen LogP contribution in [0.5, 0.6) is 0 Å². The number of nitrogens with one attached hydrogen (secondary N) is 3. The average molecular weight is 464 g/mol. The van der Waals surface area contributed by atoms with Crippen molar-refractivity contribution in [1.82, 2.24) is 25.5 Å². The Morgan fingerprint density at radius 1 is 1.03 bits per heavy atom. The molecule has 34 heavy (non-hydrogen) atoms. The number of fused-ring (bicyclic) bond motifs is 1. The monoisotopic (exact) mass is 464 g/mol. The van der Waals surface area contributed by atoms with Crippen molar-refractivity contribution in [3.63, 3.8) is 0 Å². The summed E-state index contributed by atoms with van der Waals surface area (Å²) in [7, 11) is 1.77. The molecule has 2 amide bonds. The number of piperazine rings is 1. The van der Waals surface area contributed by atoms with E-state index >= 15 is 0 Å². The van der Waals surface area contributed by atoms with Crippen LogP contribution >= 0.6 is 0 Å². The van der Waals surface area contributed by atoms with Crippen LogP contribution in [0, 0.1) is 11.6 Å². The third-order valence-electron chi connectivity index (χ3n) is 6.24. The number of benzene rings is 2. The first-order valence-corrected chi connectivity index (χ1v) is 10.8. The van der Waals surface area contributed by atoms with E-state index < -0.39 is 17.2 Å². The van der Waals surface area contributed by atoms with Crippen LogP contribution in [0.1, 0.15) is 28.5 Å². The molecule has 8 nitrogen and oxygen atoms in total. The highest BCUT2D eigenvalue weighted by Gasteiger charge is 2.39. The van der Waals surface area contributed by atoms with Gasteiger partial charge in [0.15, 0.2) is 5.82 Å². The molecule has 174 valence electrons. The van der Waals surface area contributed by atoms with Crippen LogP contribution in [0.4, 0.5) is 20.3 Å². The van der Waals surface area contributed by atoms with Crippen molar-refractivity contribution in [2.45, 2.75) is 19.0 Å². The predicted molar refractivity (Wildman–Crippen MR) is 121 cm³/mol. The van der Waals surface area contributed by atoms with Crippen molar-refractivity contribution >= 4 is 23.3 Å². The molecule has 5 rings (SSSR count). The zero-order valence-electron chi connectivity index (χ0n) is 18.6. The van der Waals surface area contributed by atoms with Crippen molar-refractivity contribution in [1.29, 1.82) is 0 Å². The molecule has 1 atom stereocenters. The number of hydrogen-bond acceptors (Lipinski definition) is 6. The minimum absolute atomic E-state index is 0.0266. The fourth-order valence-corrected chi connectivity index (χ4v) is 4.32. The van der Waals surface area contributed by atoms with Gasteiger partial charge in [-0.1, -0.05) is 18.2 Å². The summed E-state index contributed by atoms with van der Waals surface area (Å²) in [6, 6.07) is 10.7.